The quantitative estimate of drug-likeness (QED) is 0.581. The molecule has 0 aromatic heterocycles. The van der Waals surface area contributed by atoms with Gasteiger partial charge in [-0.2, -0.15) is 0 Å². The minimum atomic E-state index is 0.416. The van der Waals surface area contributed by atoms with Crippen molar-refractivity contribution in [3.05, 3.63) is 35.9 Å². The highest BCUT2D eigenvalue weighted by atomic mass is 15.2. The van der Waals surface area contributed by atoms with Crippen LogP contribution in [0.2, 0.25) is 0 Å². The Balaban J connectivity index is 1.52. The Bertz CT molecular complexity index is 553. The van der Waals surface area contributed by atoms with E-state index >= 15 is 0 Å². The molecule has 0 radical (unpaired) electrons. The van der Waals surface area contributed by atoms with Crippen LogP contribution in [0.5, 0.6) is 0 Å². The molecule has 3 rings (SSSR count). The van der Waals surface area contributed by atoms with Crippen LogP contribution in [0, 0.1) is 5.92 Å². The first-order valence-electron chi connectivity index (χ1n) is 10.3. The molecule has 144 valence electrons. The second-order valence-electron chi connectivity index (χ2n) is 7.55. The van der Waals surface area contributed by atoms with Gasteiger partial charge in [-0.15, -0.1) is 0 Å². The standard InChI is InChI=1S/C21H35N5/c1-3-25-14-11-18(17-25)15-23-21(22-2)24-16-20(26-12-7-8-13-26)19-9-5-4-6-10-19/h4-6,9-10,18,20H,3,7-8,11-17H2,1-2H3,(H2,22,23,24). The lowest BCUT2D eigenvalue weighted by Gasteiger charge is -2.29. The summed E-state index contributed by atoms with van der Waals surface area (Å²) in [7, 11) is 1.87. The average molecular weight is 358 g/mol. The molecule has 0 saturated carbocycles. The van der Waals surface area contributed by atoms with Gasteiger partial charge in [-0.25, -0.2) is 0 Å². The summed E-state index contributed by atoms with van der Waals surface area (Å²) >= 11 is 0. The van der Waals surface area contributed by atoms with Crippen LogP contribution in [0.3, 0.4) is 0 Å². The second-order valence-corrected chi connectivity index (χ2v) is 7.55. The van der Waals surface area contributed by atoms with Crippen molar-refractivity contribution in [3.63, 3.8) is 0 Å². The third-order valence-electron chi connectivity index (χ3n) is 5.83. The Morgan fingerprint density at radius 3 is 2.58 bits per heavy atom. The molecule has 2 atom stereocenters. The van der Waals surface area contributed by atoms with Crippen molar-refractivity contribution in [2.45, 2.75) is 32.2 Å². The van der Waals surface area contributed by atoms with Gasteiger partial charge in [0.25, 0.3) is 0 Å². The normalized spacial score (nSPS) is 23.3. The number of aliphatic imine (C=N–C) groups is 1. The Kier molecular flexibility index (Phi) is 7.32. The Hall–Kier alpha value is -1.59. The first-order valence-corrected chi connectivity index (χ1v) is 10.3. The smallest absolute Gasteiger partial charge is 0.191 e. The minimum absolute atomic E-state index is 0.416. The summed E-state index contributed by atoms with van der Waals surface area (Å²) in [6.45, 7) is 10.2. The molecule has 5 heteroatoms. The van der Waals surface area contributed by atoms with E-state index in [0.29, 0.717) is 6.04 Å². The van der Waals surface area contributed by atoms with Gasteiger partial charge in [-0.1, -0.05) is 37.3 Å². The topological polar surface area (TPSA) is 42.9 Å². The molecule has 2 fully saturated rings. The number of nitrogens with zero attached hydrogens (tertiary/aromatic N) is 3. The Labute approximate surface area is 158 Å². The monoisotopic (exact) mass is 357 g/mol. The predicted octanol–water partition coefficient (Wildman–Crippen LogP) is 2.33. The fourth-order valence-electron chi connectivity index (χ4n) is 4.21. The maximum atomic E-state index is 4.44. The SMILES string of the molecule is CCN1CCC(CNC(=NC)NCC(c2ccccc2)N2CCCC2)C1. The van der Waals surface area contributed by atoms with Crippen molar-refractivity contribution >= 4 is 5.96 Å². The molecule has 2 saturated heterocycles. The van der Waals surface area contributed by atoms with Crippen LogP contribution in [0.4, 0.5) is 0 Å². The van der Waals surface area contributed by atoms with Crippen LogP contribution in [0.25, 0.3) is 0 Å². The molecule has 1 aromatic carbocycles. The summed E-state index contributed by atoms with van der Waals surface area (Å²) < 4.78 is 0. The summed E-state index contributed by atoms with van der Waals surface area (Å²) in [6, 6.07) is 11.3. The number of benzene rings is 1. The van der Waals surface area contributed by atoms with Crippen molar-refractivity contribution in [1.29, 1.82) is 0 Å². The van der Waals surface area contributed by atoms with E-state index in [2.05, 4.69) is 62.7 Å². The molecule has 2 aliphatic rings. The van der Waals surface area contributed by atoms with Gasteiger partial charge in [-0.3, -0.25) is 9.89 Å². The number of rotatable bonds is 7. The largest absolute Gasteiger partial charge is 0.356 e. The van der Waals surface area contributed by atoms with Gasteiger partial charge in [0, 0.05) is 26.7 Å². The summed E-state index contributed by atoms with van der Waals surface area (Å²) in [5.74, 6) is 1.66. The van der Waals surface area contributed by atoms with Gasteiger partial charge in [0.2, 0.25) is 0 Å². The number of nitrogens with one attached hydrogen (secondary N) is 2. The van der Waals surface area contributed by atoms with Crippen LogP contribution < -0.4 is 10.6 Å². The van der Waals surface area contributed by atoms with E-state index in [1.165, 1.54) is 51.0 Å². The molecular formula is C21H35N5. The maximum absolute atomic E-state index is 4.44. The van der Waals surface area contributed by atoms with Crippen LogP contribution in [-0.4, -0.2) is 68.6 Å². The van der Waals surface area contributed by atoms with Gasteiger partial charge in [0.15, 0.2) is 5.96 Å². The number of hydrogen-bond donors (Lipinski definition) is 2. The number of hydrogen-bond acceptors (Lipinski definition) is 3. The fourth-order valence-corrected chi connectivity index (χ4v) is 4.21. The summed E-state index contributed by atoms with van der Waals surface area (Å²) in [4.78, 5) is 9.57. The van der Waals surface area contributed by atoms with Gasteiger partial charge in [0.05, 0.1) is 6.04 Å². The van der Waals surface area contributed by atoms with Gasteiger partial charge >= 0.3 is 0 Å². The summed E-state index contributed by atoms with van der Waals surface area (Å²) in [6.07, 6.45) is 3.91. The molecule has 2 N–H and O–H groups in total. The first-order chi connectivity index (χ1) is 12.8. The molecule has 0 aliphatic carbocycles. The van der Waals surface area contributed by atoms with Gasteiger partial charge in [-0.05, 0) is 56.9 Å². The average Bonchev–Trinajstić information content (AvgIpc) is 3.37. The molecule has 2 heterocycles. The van der Waals surface area contributed by atoms with Gasteiger partial charge < -0.3 is 15.5 Å². The lowest BCUT2D eigenvalue weighted by molar-refractivity contribution is 0.245. The molecule has 0 amide bonds. The van der Waals surface area contributed by atoms with Crippen molar-refractivity contribution in [2.24, 2.45) is 10.9 Å². The molecule has 1 aromatic rings. The van der Waals surface area contributed by atoms with E-state index in [9.17, 15) is 0 Å². The van der Waals surface area contributed by atoms with E-state index in [0.717, 1.165) is 31.5 Å². The van der Waals surface area contributed by atoms with E-state index in [4.69, 9.17) is 0 Å². The fraction of sp³-hybridized carbons (Fsp3) is 0.667. The zero-order chi connectivity index (χ0) is 18.2. The number of guanidine groups is 1. The van der Waals surface area contributed by atoms with Crippen molar-refractivity contribution < 1.29 is 0 Å². The molecular weight excluding hydrogens is 322 g/mol. The molecule has 26 heavy (non-hydrogen) atoms. The third-order valence-corrected chi connectivity index (χ3v) is 5.83. The zero-order valence-corrected chi connectivity index (χ0v) is 16.5. The highest BCUT2D eigenvalue weighted by Gasteiger charge is 2.24. The van der Waals surface area contributed by atoms with Gasteiger partial charge in [0.1, 0.15) is 0 Å². The molecule has 5 nitrogen and oxygen atoms in total. The van der Waals surface area contributed by atoms with Crippen LogP contribution in [0.15, 0.2) is 35.3 Å². The molecule has 2 unspecified atom stereocenters. The lowest BCUT2D eigenvalue weighted by Crippen LogP contribution is -2.44. The number of likely N-dealkylation sites (tertiary alicyclic amines) is 2. The predicted molar refractivity (Wildman–Crippen MR) is 110 cm³/mol. The second kappa shape index (κ2) is 9.93. The zero-order valence-electron chi connectivity index (χ0n) is 16.5. The Morgan fingerprint density at radius 2 is 1.92 bits per heavy atom. The molecule has 2 aliphatic heterocycles. The molecule has 0 spiro atoms. The minimum Gasteiger partial charge on any atom is -0.356 e. The lowest BCUT2D eigenvalue weighted by atomic mass is 10.1. The first kappa shape index (κ1) is 19.2. The van der Waals surface area contributed by atoms with Crippen molar-refractivity contribution in [2.75, 3.05) is 52.9 Å². The van der Waals surface area contributed by atoms with E-state index in [-0.39, 0.29) is 0 Å². The van der Waals surface area contributed by atoms with Crippen molar-refractivity contribution in [3.8, 4) is 0 Å². The van der Waals surface area contributed by atoms with Crippen LogP contribution >= 0.6 is 0 Å². The van der Waals surface area contributed by atoms with Crippen LogP contribution in [-0.2, 0) is 0 Å². The summed E-state index contributed by atoms with van der Waals surface area (Å²) in [5.41, 5.74) is 1.40. The maximum Gasteiger partial charge on any atom is 0.191 e. The third kappa shape index (κ3) is 5.21. The Morgan fingerprint density at radius 1 is 1.15 bits per heavy atom. The van der Waals surface area contributed by atoms with E-state index in [1.54, 1.807) is 0 Å². The van der Waals surface area contributed by atoms with Crippen LogP contribution in [0.1, 0.15) is 37.8 Å². The van der Waals surface area contributed by atoms with Crippen molar-refractivity contribution in [1.82, 2.24) is 20.4 Å². The summed E-state index contributed by atoms with van der Waals surface area (Å²) in [5, 5.41) is 7.12. The van der Waals surface area contributed by atoms with E-state index < -0.39 is 0 Å². The molecule has 0 bridgehead atoms. The highest BCUT2D eigenvalue weighted by Crippen LogP contribution is 2.24. The van der Waals surface area contributed by atoms with E-state index in [1.807, 2.05) is 7.05 Å². The highest BCUT2D eigenvalue weighted by molar-refractivity contribution is 5.79.